The van der Waals surface area contributed by atoms with Gasteiger partial charge in [-0.15, -0.1) is 0 Å². The van der Waals surface area contributed by atoms with Gasteiger partial charge in [0.15, 0.2) is 17.1 Å². The molecule has 0 unspecified atom stereocenters. The number of hydrogen-bond acceptors (Lipinski definition) is 5. The van der Waals surface area contributed by atoms with E-state index in [2.05, 4.69) is 10.5 Å². The highest BCUT2D eigenvalue weighted by Gasteiger charge is 2.30. The number of nitrogens with zero attached hydrogens (tertiary/aromatic N) is 2. The Labute approximate surface area is 155 Å². The van der Waals surface area contributed by atoms with Gasteiger partial charge in [-0.25, -0.2) is 4.79 Å². The molecule has 1 aliphatic rings. The minimum absolute atomic E-state index is 0.0373. The maximum Gasteiger partial charge on any atom is 0.343 e. The van der Waals surface area contributed by atoms with Crippen LogP contribution in [0.3, 0.4) is 0 Å². The highest BCUT2D eigenvalue weighted by molar-refractivity contribution is 6.30. The number of hydrogen-bond donors (Lipinski definition) is 2. The number of carbonyl (C=O) groups excluding carboxylic acids is 1. The maximum absolute atomic E-state index is 11.8. The maximum atomic E-state index is 11.8. The summed E-state index contributed by atoms with van der Waals surface area (Å²) in [6, 6.07) is 6.77. The molecule has 2 heterocycles. The number of carboxylic acid groups (broad SMARTS) is 1. The molecule has 1 saturated heterocycles. The Balaban J connectivity index is 1.78. The molecular weight excluding hydrogens is 358 g/mol. The molecule has 26 heavy (non-hydrogen) atoms. The van der Waals surface area contributed by atoms with Gasteiger partial charge in [-0.3, -0.25) is 4.79 Å². The Morgan fingerprint density at radius 1 is 1.31 bits per heavy atom. The number of aromatic nitrogens is 1. The van der Waals surface area contributed by atoms with Crippen molar-refractivity contribution in [2.45, 2.75) is 19.8 Å². The van der Waals surface area contributed by atoms with Crippen molar-refractivity contribution in [3.63, 3.8) is 0 Å². The summed E-state index contributed by atoms with van der Waals surface area (Å²) in [6.45, 7) is 3.47. The summed E-state index contributed by atoms with van der Waals surface area (Å²) < 4.78 is 5.37. The largest absolute Gasteiger partial charge is 0.477 e. The van der Waals surface area contributed by atoms with Gasteiger partial charge in [0.1, 0.15) is 0 Å². The average molecular weight is 378 g/mol. The zero-order valence-electron chi connectivity index (χ0n) is 14.4. The predicted molar refractivity (Wildman–Crippen MR) is 97.5 cm³/mol. The van der Waals surface area contributed by atoms with Crippen molar-refractivity contribution in [2.24, 2.45) is 5.92 Å². The molecule has 8 heteroatoms. The van der Waals surface area contributed by atoms with E-state index in [0.29, 0.717) is 42.0 Å². The molecule has 1 fully saturated rings. The monoisotopic (exact) mass is 377 g/mol. The molecule has 1 aromatic carbocycles. The Hall–Kier alpha value is -2.54. The van der Waals surface area contributed by atoms with Crippen LogP contribution in [0.5, 0.6) is 0 Å². The first-order chi connectivity index (χ1) is 12.5. The lowest BCUT2D eigenvalue weighted by Gasteiger charge is -2.32. The molecular formula is C18H20ClN3O4. The van der Waals surface area contributed by atoms with Crippen LogP contribution < -0.4 is 10.2 Å². The van der Waals surface area contributed by atoms with Crippen LogP contribution in [0.25, 0.3) is 11.3 Å². The second-order valence-electron chi connectivity index (χ2n) is 6.39. The molecule has 7 nitrogen and oxygen atoms in total. The zero-order valence-corrected chi connectivity index (χ0v) is 15.1. The summed E-state index contributed by atoms with van der Waals surface area (Å²) in [6.07, 6.45) is 1.70. The molecule has 1 aliphatic heterocycles. The normalized spacial score (nSPS) is 15.1. The number of piperidine rings is 1. The SMILES string of the molecule is CC(=O)NCC1CCN(c2noc(-c3ccc(Cl)cc3)c2C(=O)O)CC1. The summed E-state index contributed by atoms with van der Waals surface area (Å²) >= 11 is 5.89. The quantitative estimate of drug-likeness (QED) is 0.831. The van der Waals surface area contributed by atoms with Crippen molar-refractivity contribution < 1.29 is 19.2 Å². The van der Waals surface area contributed by atoms with Gasteiger partial charge in [0.2, 0.25) is 5.91 Å². The summed E-state index contributed by atoms with van der Waals surface area (Å²) in [5.74, 6) is -0.160. The van der Waals surface area contributed by atoms with Gasteiger partial charge in [-0.05, 0) is 43.0 Å². The van der Waals surface area contributed by atoms with Crippen LogP contribution in [0, 0.1) is 5.92 Å². The van der Waals surface area contributed by atoms with Crippen LogP contribution in [-0.4, -0.2) is 41.8 Å². The molecule has 1 aromatic heterocycles. The molecule has 138 valence electrons. The lowest BCUT2D eigenvalue weighted by Crippen LogP contribution is -2.38. The molecule has 0 aliphatic carbocycles. The third-order valence-electron chi connectivity index (χ3n) is 4.55. The van der Waals surface area contributed by atoms with E-state index in [1.807, 2.05) is 4.90 Å². The fraction of sp³-hybridized carbons (Fsp3) is 0.389. The fourth-order valence-corrected chi connectivity index (χ4v) is 3.25. The third-order valence-corrected chi connectivity index (χ3v) is 4.80. The first kappa shape index (κ1) is 18.3. The second-order valence-corrected chi connectivity index (χ2v) is 6.83. The predicted octanol–water partition coefficient (Wildman–Crippen LogP) is 3.05. The minimum Gasteiger partial charge on any atom is -0.477 e. The van der Waals surface area contributed by atoms with E-state index in [9.17, 15) is 14.7 Å². The molecule has 0 bridgehead atoms. The van der Waals surface area contributed by atoms with Crippen molar-refractivity contribution in [3.05, 3.63) is 34.9 Å². The lowest BCUT2D eigenvalue weighted by molar-refractivity contribution is -0.119. The Morgan fingerprint density at radius 3 is 2.54 bits per heavy atom. The fourth-order valence-electron chi connectivity index (χ4n) is 3.13. The van der Waals surface area contributed by atoms with E-state index in [4.69, 9.17) is 16.1 Å². The number of carboxylic acids is 1. The van der Waals surface area contributed by atoms with Crippen molar-refractivity contribution >= 4 is 29.3 Å². The van der Waals surface area contributed by atoms with E-state index in [0.717, 1.165) is 12.8 Å². The first-order valence-corrected chi connectivity index (χ1v) is 8.81. The van der Waals surface area contributed by atoms with E-state index in [-0.39, 0.29) is 17.2 Å². The van der Waals surface area contributed by atoms with Gasteiger partial charge in [0.05, 0.1) is 0 Å². The molecule has 0 saturated carbocycles. The number of carbonyl (C=O) groups is 2. The summed E-state index contributed by atoms with van der Waals surface area (Å²) in [4.78, 5) is 24.8. The summed E-state index contributed by atoms with van der Waals surface area (Å²) in [7, 11) is 0. The molecule has 0 atom stereocenters. The summed E-state index contributed by atoms with van der Waals surface area (Å²) in [5.41, 5.74) is 0.679. The number of halogens is 1. The van der Waals surface area contributed by atoms with Gasteiger partial charge in [0.25, 0.3) is 0 Å². The van der Waals surface area contributed by atoms with E-state index >= 15 is 0 Å². The van der Waals surface area contributed by atoms with E-state index in [1.54, 1.807) is 24.3 Å². The minimum atomic E-state index is -1.08. The van der Waals surface area contributed by atoms with E-state index in [1.165, 1.54) is 6.92 Å². The standard InChI is InChI=1S/C18H20ClN3O4/c1-11(23)20-10-12-6-8-22(9-7-12)17-15(18(24)25)16(26-21-17)13-2-4-14(19)5-3-13/h2-5,12H,6-10H2,1H3,(H,20,23)(H,24,25). The topological polar surface area (TPSA) is 95.7 Å². The summed E-state index contributed by atoms with van der Waals surface area (Å²) in [5, 5.41) is 17.1. The Kier molecular flexibility index (Phi) is 5.46. The molecule has 1 amide bonds. The third kappa shape index (κ3) is 3.99. The highest BCUT2D eigenvalue weighted by atomic mass is 35.5. The van der Waals surface area contributed by atoms with Gasteiger partial charge in [-0.2, -0.15) is 0 Å². The van der Waals surface area contributed by atoms with Crippen molar-refractivity contribution in [1.29, 1.82) is 0 Å². The average Bonchev–Trinajstić information content (AvgIpc) is 3.06. The first-order valence-electron chi connectivity index (χ1n) is 8.44. The number of aromatic carboxylic acids is 1. The highest BCUT2D eigenvalue weighted by Crippen LogP contribution is 2.33. The molecule has 2 N–H and O–H groups in total. The number of nitrogens with one attached hydrogen (secondary N) is 1. The van der Waals surface area contributed by atoms with Gasteiger partial charge in [0, 0.05) is 37.1 Å². The molecule has 3 rings (SSSR count). The second kappa shape index (κ2) is 7.78. The Morgan fingerprint density at radius 2 is 1.96 bits per heavy atom. The number of anilines is 1. The number of amides is 1. The molecule has 0 spiro atoms. The van der Waals surface area contributed by atoms with Crippen molar-refractivity contribution in [2.75, 3.05) is 24.5 Å². The van der Waals surface area contributed by atoms with Gasteiger partial charge >= 0.3 is 5.97 Å². The number of rotatable bonds is 5. The van der Waals surface area contributed by atoms with Crippen molar-refractivity contribution in [3.8, 4) is 11.3 Å². The molecule has 0 radical (unpaired) electrons. The van der Waals surface area contributed by atoms with Gasteiger partial charge < -0.3 is 19.8 Å². The van der Waals surface area contributed by atoms with Crippen molar-refractivity contribution in [1.82, 2.24) is 10.5 Å². The van der Waals surface area contributed by atoms with Crippen LogP contribution in [-0.2, 0) is 4.79 Å². The zero-order chi connectivity index (χ0) is 18.7. The smallest absolute Gasteiger partial charge is 0.343 e. The Bertz CT molecular complexity index is 795. The van der Waals surface area contributed by atoms with E-state index < -0.39 is 5.97 Å². The molecule has 2 aromatic rings. The van der Waals surface area contributed by atoms with Crippen LogP contribution in [0.4, 0.5) is 5.82 Å². The van der Waals surface area contributed by atoms with Gasteiger partial charge in [-0.1, -0.05) is 16.8 Å². The van der Waals surface area contributed by atoms with Crippen LogP contribution in [0.2, 0.25) is 5.02 Å². The van der Waals surface area contributed by atoms with Crippen LogP contribution in [0.1, 0.15) is 30.1 Å². The van der Waals surface area contributed by atoms with Crippen LogP contribution in [0.15, 0.2) is 28.8 Å². The lowest BCUT2D eigenvalue weighted by atomic mass is 9.96. The number of benzene rings is 1. The van der Waals surface area contributed by atoms with Crippen LogP contribution >= 0.6 is 11.6 Å².